The van der Waals surface area contributed by atoms with Gasteiger partial charge in [-0.15, -0.1) is 12.8 Å². The molecule has 2 aromatic rings. The summed E-state index contributed by atoms with van der Waals surface area (Å²) in [6, 6.07) is 6.61. The summed E-state index contributed by atoms with van der Waals surface area (Å²) in [4.78, 5) is 16.4. The Morgan fingerprint density at radius 1 is 1.30 bits per heavy atom. The molecule has 1 aromatic carbocycles. The van der Waals surface area contributed by atoms with Gasteiger partial charge in [0.15, 0.2) is 0 Å². The highest BCUT2D eigenvalue weighted by Gasteiger charge is 2.34. The van der Waals surface area contributed by atoms with Crippen molar-refractivity contribution in [1.82, 2.24) is 9.88 Å². The minimum atomic E-state index is -4.60. The fourth-order valence-corrected chi connectivity index (χ4v) is 3.17. The van der Waals surface area contributed by atoms with E-state index in [0.29, 0.717) is 16.5 Å². The molecule has 1 saturated heterocycles. The Morgan fingerprint density at radius 2 is 1.93 bits per heavy atom. The van der Waals surface area contributed by atoms with Gasteiger partial charge in [-0.3, -0.25) is 9.93 Å². The van der Waals surface area contributed by atoms with Gasteiger partial charge in [0.25, 0.3) is 0 Å². The van der Waals surface area contributed by atoms with Crippen LogP contribution in [0, 0.1) is 0 Å². The first-order chi connectivity index (χ1) is 12.8. The highest BCUT2D eigenvalue weighted by atomic mass is 32.1. The van der Waals surface area contributed by atoms with E-state index >= 15 is 0 Å². The van der Waals surface area contributed by atoms with E-state index in [4.69, 9.17) is 0 Å². The van der Waals surface area contributed by atoms with E-state index in [9.17, 15) is 18.0 Å². The van der Waals surface area contributed by atoms with Crippen molar-refractivity contribution in [3.05, 3.63) is 46.9 Å². The van der Waals surface area contributed by atoms with E-state index < -0.39 is 17.3 Å². The number of rotatable bonds is 3. The molecule has 1 aromatic heterocycles. The molecule has 2 heterocycles. The van der Waals surface area contributed by atoms with Gasteiger partial charge in [-0.2, -0.15) is 13.2 Å². The topological polar surface area (TPSA) is 74.2 Å². The van der Waals surface area contributed by atoms with Crippen LogP contribution in [0.25, 0.3) is 16.3 Å². The largest absolute Gasteiger partial charge is 0.417 e. The minimum Gasteiger partial charge on any atom is -0.382 e. The number of fused-ring (bicyclic) bond motifs is 1. The lowest BCUT2D eigenvalue weighted by atomic mass is 10.0. The van der Waals surface area contributed by atoms with Gasteiger partial charge < -0.3 is 15.2 Å². The number of allylic oxidation sites excluding steroid dienone is 1. The van der Waals surface area contributed by atoms with Crippen LogP contribution in [-0.4, -0.2) is 42.2 Å². The number of piperidine rings is 1. The number of anilines is 1. The average Bonchev–Trinajstić information content (AvgIpc) is 2.64. The van der Waals surface area contributed by atoms with Crippen molar-refractivity contribution in [3.63, 3.8) is 0 Å². The van der Waals surface area contributed by atoms with Gasteiger partial charge in [0.2, 0.25) is 5.56 Å². The maximum Gasteiger partial charge on any atom is 0.417 e. The third kappa shape index (κ3) is 5.06. The molecule has 3 rings (SSSR count). The van der Waals surface area contributed by atoms with E-state index in [1.54, 1.807) is 18.2 Å². The van der Waals surface area contributed by atoms with Gasteiger partial charge in [0, 0.05) is 28.6 Å². The number of halogens is 3. The van der Waals surface area contributed by atoms with Crippen LogP contribution in [-0.2, 0) is 0 Å². The van der Waals surface area contributed by atoms with Gasteiger partial charge in [0.05, 0.1) is 11.3 Å². The van der Waals surface area contributed by atoms with Crippen LogP contribution >= 0.6 is 12.8 Å². The van der Waals surface area contributed by atoms with Gasteiger partial charge >= 0.3 is 6.18 Å². The van der Waals surface area contributed by atoms with Crippen molar-refractivity contribution in [2.24, 2.45) is 5.14 Å². The second kappa shape index (κ2) is 8.81. The summed E-state index contributed by atoms with van der Waals surface area (Å²) in [5.74, 6) is 0. The monoisotopic (exact) mass is 400 g/mol. The average molecular weight is 400 g/mol. The summed E-state index contributed by atoms with van der Waals surface area (Å²) in [7, 11) is 2.06. The number of nitrogens with one attached hydrogen (secondary N) is 2. The molecule has 27 heavy (non-hydrogen) atoms. The van der Waals surface area contributed by atoms with Gasteiger partial charge in [-0.05, 0) is 39.0 Å². The number of nitrogens with zero attached hydrogens (tertiary/aromatic N) is 1. The van der Waals surface area contributed by atoms with Crippen LogP contribution in [0.5, 0.6) is 0 Å². The molecule has 0 saturated carbocycles. The lowest BCUT2D eigenvalue weighted by Crippen LogP contribution is -2.36. The molecular formula is C18H23F3N4OS. The standard InChI is InChI=1S/C18H20F3N3O.H3NS/c1-11(18(19,20)21)17-13-4-3-5-15(14(13)10-16(25)23-17)22-12-6-8-24(2)9-7-12;1-2/h3-5,10,12,22H,1,6-9H2,2H3,(H,23,25);2H,1H2. The van der Waals surface area contributed by atoms with E-state index in [2.05, 4.69) is 46.8 Å². The molecule has 0 unspecified atom stereocenters. The summed E-state index contributed by atoms with van der Waals surface area (Å²) < 4.78 is 39.2. The number of hydrogen-bond acceptors (Lipinski definition) is 5. The van der Waals surface area contributed by atoms with Gasteiger partial charge in [0.1, 0.15) is 0 Å². The second-order valence-corrected chi connectivity index (χ2v) is 6.47. The SMILES string of the molecule is C=C(c1[nH]c(=O)cc2c(NC3CCN(C)CC3)cccc12)C(F)(F)F.NS. The fourth-order valence-electron chi connectivity index (χ4n) is 3.17. The van der Waals surface area contributed by atoms with Crippen molar-refractivity contribution < 1.29 is 13.2 Å². The van der Waals surface area contributed by atoms with Crippen molar-refractivity contribution in [3.8, 4) is 0 Å². The Labute approximate surface area is 161 Å². The van der Waals surface area contributed by atoms with Crippen LogP contribution in [0.3, 0.4) is 0 Å². The maximum atomic E-state index is 13.1. The smallest absolute Gasteiger partial charge is 0.382 e. The maximum absolute atomic E-state index is 13.1. The van der Waals surface area contributed by atoms with Crippen molar-refractivity contribution >= 4 is 34.8 Å². The molecule has 0 bridgehead atoms. The zero-order valence-electron chi connectivity index (χ0n) is 14.9. The number of aromatic nitrogens is 1. The lowest BCUT2D eigenvalue weighted by molar-refractivity contribution is -0.0688. The highest BCUT2D eigenvalue weighted by molar-refractivity contribution is 7.77. The van der Waals surface area contributed by atoms with Gasteiger partial charge in [-0.25, -0.2) is 0 Å². The van der Waals surface area contributed by atoms with Crippen molar-refractivity contribution in [1.29, 1.82) is 0 Å². The van der Waals surface area contributed by atoms with E-state index in [0.717, 1.165) is 25.9 Å². The fraction of sp³-hybridized carbons (Fsp3) is 0.389. The normalized spacial score (nSPS) is 15.9. The first-order valence-electron chi connectivity index (χ1n) is 8.39. The van der Waals surface area contributed by atoms with Crippen molar-refractivity contribution in [2.45, 2.75) is 25.1 Å². The summed E-state index contributed by atoms with van der Waals surface area (Å²) in [6.07, 6.45) is -2.72. The molecule has 0 spiro atoms. The first kappa shape index (κ1) is 21.3. The lowest BCUT2D eigenvalue weighted by Gasteiger charge is -2.30. The molecular weight excluding hydrogens is 377 g/mol. The van der Waals surface area contributed by atoms with E-state index in [1.165, 1.54) is 6.07 Å². The quantitative estimate of drug-likeness (QED) is 0.596. The molecule has 4 N–H and O–H groups in total. The number of thiol groups is 1. The number of likely N-dealkylation sites (tertiary alicyclic amines) is 1. The number of pyridine rings is 1. The molecule has 0 atom stereocenters. The van der Waals surface area contributed by atoms with Crippen LogP contribution < -0.4 is 16.0 Å². The predicted molar refractivity (Wildman–Crippen MR) is 107 cm³/mol. The zero-order valence-corrected chi connectivity index (χ0v) is 15.8. The molecule has 0 amide bonds. The highest BCUT2D eigenvalue weighted by Crippen LogP contribution is 2.35. The molecule has 0 aliphatic carbocycles. The first-order valence-corrected chi connectivity index (χ1v) is 8.91. The Bertz CT molecular complexity index is 858. The van der Waals surface area contributed by atoms with Crippen LogP contribution in [0.2, 0.25) is 0 Å². The third-order valence-electron chi connectivity index (χ3n) is 4.62. The van der Waals surface area contributed by atoms with Gasteiger partial charge in [-0.1, -0.05) is 18.7 Å². The molecule has 9 heteroatoms. The Balaban J connectivity index is 0.00000126. The molecule has 148 valence electrons. The zero-order chi connectivity index (χ0) is 20.2. The molecule has 5 nitrogen and oxygen atoms in total. The molecule has 1 aliphatic rings. The Hall–Kier alpha value is -1.97. The Kier molecular flexibility index (Phi) is 6.96. The number of nitrogens with two attached hydrogens (primary N) is 1. The van der Waals surface area contributed by atoms with Crippen LogP contribution in [0.4, 0.5) is 18.9 Å². The number of hydrogen-bond donors (Lipinski definition) is 4. The third-order valence-corrected chi connectivity index (χ3v) is 4.62. The summed E-state index contributed by atoms with van der Waals surface area (Å²) in [6.45, 7) is 5.04. The predicted octanol–water partition coefficient (Wildman–Crippen LogP) is 3.40. The molecule has 0 radical (unpaired) electrons. The van der Waals surface area contributed by atoms with Crippen LogP contribution in [0.15, 0.2) is 35.6 Å². The van der Waals surface area contributed by atoms with Crippen LogP contribution in [0.1, 0.15) is 18.5 Å². The molecule has 1 aliphatic heterocycles. The minimum absolute atomic E-state index is 0.232. The number of alkyl halides is 3. The van der Waals surface area contributed by atoms with E-state index in [-0.39, 0.29) is 11.7 Å². The number of benzene rings is 1. The van der Waals surface area contributed by atoms with Crippen molar-refractivity contribution in [2.75, 3.05) is 25.5 Å². The summed E-state index contributed by atoms with van der Waals surface area (Å²) in [5, 5.41) is 8.39. The Morgan fingerprint density at radius 3 is 2.52 bits per heavy atom. The summed E-state index contributed by atoms with van der Waals surface area (Å²) >= 11 is 3.03. The number of H-pyrrole nitrogens is 1. The summed E-state index contributed by atoms with van der Waals surface area (Å²) in [5.41, 5.74) is -1.23. The molecule has 1 fully saturated rings. The number of aromatic amines is 1. The second-order valence-electron chi connectivity index (χ2n) is 6.47. The van der Waals surface area contributed by atoms with E-state index in [1.807, 2.05) is 0 Å².